The van der Waals surface area contributed by atoms with E-state index in [1.807, 2.05) is 7.05 Å². The molecule has 1 aromatic heterocycles. The first-order chi connectivity index (χ1) is 8.77. The SMILES string of the molecule is CCCNCCN(C)c1cncc(OCCC)n1. The van der Waals surface area contributed by atoms with Crippen molar-refractivity contribution >= 4 is 5.82 Å². The van der Waals surface area contributed by atoms with Gasteiger partial charge in [-0.25, -0.2) is 0 Å². The number of hydrogen-bond donors (Lipinski definition) is 1. The number of hydrogen-bond acceptors (Lipinski definition) is 5. The van der Waals surface area contributed by atoms with Crippen molar-refractivity contribution in [3.8, 4) is 5.88 Å². The fraction of sp³-hybridized carbons (Fsp3) is 0.692. The van der Waals surface area contributed by atoms with Gasteiger partial charge in [-0.05, 0) is 19.4 Å². The molecular weight excluding hydrogens is 228 g/mol. The third kappa shape index (κ3) is 5.31. The van der Waals surface area contributed by atoms with E-state index in [1.165, 1.54) is 0 Å². The van der Waals surface area contributed by atoms with Crippen molar-refractivity contribution in [1.29, 1.82) is 0 Å². The molecule has 0 spiro atoms. The van der Waals surface area contributed by atoms with Gasteiger partial charge >= 0.3 is 0 Å². The summed E-state index contributed by atoms with van der Waals surface area (Å²) in [5.74, 6) is 1.45. The summed E-state index contributed by atoms with van der Waals surface area (Å²) in [6.07, 6.45) is 5.55. The van der Waals surface area contributed by atoms with Crippen LogP contribution in [-0.4, -0.2) is 43.3 Å². The Balaban J connectivity index is 2.43. The minimum atomic E-state index is 0.600. The van der Waals surface area contributed by atoms with Crippen LogP contribution < -0.4 is 15.0 Å². The molecule has 0 aliphatic rings. The lowest BCUT2D eigenvalue weighted by Gasteiger charge is -2.18. The molecule has 0 saturated heterocycles. The quantitative estimate of drug-likeness (QED) is 0.678. The summed E-state index contributed by atoms with van der Waals surface area (Å²) in [6, 6.07) is 0. The number of aromatic nitrogens is 2. The lowest BCUT2D eigenvalue weighted by molar-refractivity contribution is 0.304. The van der Waals surface area contributed by atoms with E-state index in [0.29, 0.717) is 12.5 Å². The van der Waals surface area contributed by atoms with Crippen molar-refractivity contribution in [3.05, 3.63) is 12.4 Å². The van der Waals surface area contributed by atoms with Crippen LogP contribution in [0.25, 0.3) is 0 Å². The zero-order valence-electron chi connectivity index (χ0n) is 11.6. The van der Waals surface area contributed by atoms with E-state index >= 15 is 0 Å². The van der Waals surface area contributed by atoms with E-state index in [2.05, 4.69) is 34.0 Å². The van der Waals surface area contributed by atoms with E-state index in [0.717, 1.165) is 38.3 Å². The van der Waals surface area contributed by atoms with Gasteiger partial charge in [-0.15, -0.1) is 0 Å². The molecule has 0 radical (unpaired) electrons. The summed E-state index contributed by atoms with van der Waals surface area (Å²) in [6.45, 7) is 7.83. The summed E-state index contributed by atoms with van der Waals surface area (Å²) in [5, 5.41) is 3.36. The van der Waals surface area contributed by atoms with Gasteiger partial charge in [-0.2, -0.15) is 4.98 Å². The van der Waals surface area contributed by atoms with Gasteiger partial charge in [-0.1, -0.05) is 13.8 Å². The molecule has 1 heterocycles. The Bertz CT molecular complexity index is 333. The molecule has 0 unspecified atom stereocenters. The summed E-state index contributed by atoms with van der Waals surface area (Å²) in [7, 11) is 2.02. The zero-order valence-corrected chi connectivity index (χ0v) is 11.6. The minimum absolute atomic E-state index is 0.600. The van der Waals surface area contributed by atoms with Crippen LogP contribution in [0.15, 0.2) is 12.4 Å². The van der Waals surface area contributed by atoms with E-state index in [-0.39, 0.29) is 0 Å². The van der Waals surface area contributed by atoms with E-state index < -0.39 is 0 Å². The molecule has 1 N–H and O–H groups in total. The van der Waals surface area contributed by atoms with Gasteiger partial charge in [0.25, 0.3) is 0 Å². The second-order valence-corrected chi connectivity index (χ2v) is 4.24. The van der Waals surface area contributed by atoms with Gasteiger partial charge in [0.1, 0.15) is 0 Å². The van der Waals surface area contributed by atoms with Gasteiger partial charge in [0.2, 0.25) is 5.88 Å². The first-order valence-electron chi connectivity index (χ1n) is 6.64. The second-order valence-electron chi connectivity index (χ2n) is 4.24. The van der Waals surface area contributed by atoms with Crippen LogP contribution >= 0.6 is 0 Å². The maximum Gasteiger partial charge on any atom is 0.234 e. The summed E-state index contributed by atoms with van der Waals surface area (Å²) in [4.78, 5) is 10.7. The molecule has 0 bridgehead atoms. The Hall–Kier alpha value is -1.36. The number of nitrogens with zero attached hydrogens (tertiary/aromatic N) is 3. The standard InChI is InChI=1S/C13H24N4O/c1-4-6-14-7-8-17(3)12-10-15-11-13(16-12)18-9-5-2/h10-11,14H,4-9H2,1-3H3. The van der Waals surface area contributed by atoms with Crippen LogP contribution in [0.4, 0.5) is 5.82 Å². The second kappa shape index (κ2) is 8.69. The summed E-state index contributed by atoms with van der Waals surface area (Å²) < 4.78 is 5.47. The molecule has 0 aliphatic carbocycles. The summed E-state index contributed by atoms with van der Waals surface area (Å²) in [5.41, 5.74) is 0. The molecule has 0 atom stereocenters. The molecule has 5 heteroatoms. The van der Waals surface area contributed by atoms with Crippen LogP contribution in [0.3, 0.4) is 0 Å². The van der Waals surface area contributed by atoms with Crippen molar-refractivity contribution in [1.82, 2.24) is 15.3 Å². The molecule has 1 aromatic rings. The van der Waals surface area contributed by atoms with E-state index in [9.17, 15) is 0 Å². The molecule has 102 valence electrons. The highest BCUT2D eigenvalue weighted by Gasteiger charge is 2.04. The Morgan fingerprint density at radius 2 is 2.06 bits per heavy atom. The molecule has 0 fully saturated rings. The van der Waals surface area contributed by atoms with Crippen LogP contribution in [-0.2, 0) is 0 Å². The molecule has 0 aliphatic heterocycles. The molecule has 5 nitrogen and oxygen atoms in total. The fourth-order valence-corrected chi connectivity index (χ4v) is 1.46. The molecule has 0 aromatic carbocycles. The Morgan fingerprint density at radius 3 is 2.78 bits per heavy atom. The molecule has 0 saturated carbocycles. The Morgan fingerprint density at radius 1 is 1.22 bits per heavy atom. The third-order valence-electron chi connectivity index (χ3n) is 2.50. The van der Waals surface area contributed by atoms with Crippen LogP contribution in [0, 0.1) is 0 Å². The number of ether oxygens (including phenoxy) is 1. The highest BCUT2D eigenvalue weighted by molar-refractivity contribution is 5.36. The van der Waals surface area contributed by atoms with Gasteiger partial charge in [-0.3, -0.25) is 4.98 Å². The van der Waals surface area contributed by atoms with Crippen LogP contribution in [0.2, 0.25) is 0 Å². The number of anilines is 1. The molecular formula is C13H24N4O. The molecule has 1 rings (SSSR count). The topological polar surface area (TPSA) is 50.3 Å². The lowest BCUT2D eigenvalue weighted by Crippen LogP contribution is -2.30. The first-order valence-corrected chi connectivity index (χ1v) is 6.64. The smallest absolute Gasteiger partial charge is 0.234 e. The van der Waals surface area contributed by atoms with Gasteiger partial charge in [0.05, 0.1) is 19.0 Å². The monoisotopic (exact) mass is 252 g/mol. The highest BCUT2D eigenvalue weighted by Crippen LogP contribution is 2.12. The number of nitrogens with one attached hydrogen (secondary N) is 1. The maximum atomic E-state index is 5.47. The van der Waals surface area contributed by atoms with Gasteiger partial charge in [0, 0.05) is 20.1 Å². The number of rotatable bonds is 9. The third-order valence-corrected chi connectivity index (χ3v) is 2.50. The van der Waals surface area contributed by atoms with Crippen molar-refractivity contribution in [2.75, 3.05) is 38.2 Å². The largest absolute Gasteiger partial charge is 0.477 e. The average molecular weight is 252 g/mol. The van der Waals surface area contributed by atoms with Crippen molar-refractivity contribution in [3.63, 3.8) is 0 Å². The van der Waals surface area contributed by atoms with E-state index in [4.69, 9.17) is 4.74 Å². The Kier molecular flexibility index (Phi) is 7.10. The van der Waals surface area contributed by atoms with Crippen LogP contribution in [0.5, 0.6) is 5.88 Å². The highest BCUT2D eigenvalue weighted by atomic mass is 16.5. The molecule has 0 amide bonds. The fourth-order valence-electron chi connectivity index (χ4n) is 1.46. The minimum Gasteiger partial charge on any atom is -0.477 e. The van der Waals surface area contributed by atoms with Crippen molar-refractivity contribution in [2.24, 2.45) is 0 Å². The zero-order chi connectivity index (χ0) is 13.2. The Labute approximate surface area is 110 Å². The van der Waals surface area contributed by atoms with Crippen LogP contribution in [0.1, 0.15) is 26.7 Å². The van der Waals surface area contributed by atoms with E-state index in [1.54, 1.807) is 12.4 Å². The van der Waals surface area contributed by atoms with Crippen molar-refractivity contribution < 1.29 is 4.74 Å². The summed E-state index contributed by atoms with van der Waals surface area (Å²) >= 11 is 0. The average Bonchev–Trinajstić information content (AvgIpc) is 2.41. The normalized spacial score (nSPS) is 10.4. The van der Waals surface area contributed by atoms with Gasteiger partial charge in [0.15, 0.2) is 5.82 Å². The number of likely N-dealkylation sites (N-methyl/N-ethyl adjacent to an activating group) is 1. The van der Waals surface area contributed by atoms with Crippen molar-refractivity contribution in [2.45, 2.75) is 26.7 Å². The lowest BCUT2D eigenvalue weighted by atomic mass is 10.4. The maximum absolute atomic E-state index is 5.47. The molecule has 18 heavy (non-hydrogen) atoms. The first kappa shape index (κ1) is 14.7. The predicted octanol–water partition coefficient (Wildman–Crippen LogP) is 1.70. The van der Waals surface area contributed by atoms with Gasteiger partial charge < -0.3 is 15.0 Å². The predicted molar refractivity (Wildman–Crippen MR) is 74.2 cm³/mol.